The van der Waals surface area contributed by atoms with Gasteiger partial charge >= 0.3 is 5.97 Å². The van der Waals surface area contributed by atoms with Gasteiger partial charge in [-0.25, -0.2) is 9.79 Å². The van der Waals surface area contributed by atoms with E-state index in [1.54, 1.807) is 36.6 Å². The molecule has 0 unspecified atom stereocenters. The monoisotopic (exact) mass is 547 g/mol. The summed E-state index contributed by atoms with van der Waals surface area (Å²) < 4.78 is 13.4. The number of halogens is 1. The van der Waals surface area contributed by atoms with Crippen LogP contribution >= 0.6 is 22.9 Å². The molecule has 0 amide bonds. The Hall–Kier alpha value is -3.88. The summed E-state index contributed by atoms with van der Waals surface area (Å²) in [6, 6.07) is 18.1. The van der Waals surface area contributed by atoms with Gasteiger partial charge in [0.25, 0.3) is 5.56 Å². The molecule has 0 bridgehead atoms. The molecule has 0 aliphatic carbocycles. The molecule has 0 fully saturated rings. The molecule has 194 valence electrons. The molecule has 1 aliphatic heterocycles. The average molecular weight is 548 g/mol. The fourth-order valence-electron chi connectivity index (χ4n) is 4.43. The van der Waals surface area contributed by atoms with Crippen LogP contribution in [0.4, 0.5) is 5.69 Å². The minimum absolute atomic E-state index is 0.221. The topological polar surface area (TPSA) is 77.0 Å². The number of esters is 1. The molecule has 2 aromatic carbocycles. The normalized spacial score (nSPS) is 15.3. The average Bonchev–Trinajstić information content (AvgIpc) is 3.48. The van der Waals surface area contributed by atoms with Crippen molar-refractivity contribution in [2.45, 2.75) is 19.9 Å². The Morgan fingerprint density at radius 1 is 1.16 bits per heavy atom. The number of furan rings is 1. The van der Waals surface area contributed by atoms with Gasteiger partial charge in [0, 0.05) is 31.4 Å². The molecule has 1 aliphatic rings. The fraction of sp³-hybridized carbons (Fsp3) is 0.207. The van der Waals surface area contributed by atoms with Crippen LogP contribution in [0.5, 0.6) is 0 Å². The van der Waals surface area contributed by atoms with E-state index in [4.69, 9.17) is 20.8 Å². The van der Waals surface area contributed by atoms with Crippen molar-refractivity contribution in [3.05, 3.63) is 108 Å². The van der Waals surface area contributed by atoms with Crippen molar-refractivity contribution in [3.8, 4) is 11.3 Å². The molecule has 0 spiro atoms. The second-order valence-corrected chi connectivity index (χ2v) is 10.4. The zero-order chi connectivity index (χ0) is 27.0. The smallest absolute Gasteiger partial charge is 0.338 e. The predicted octanol–water partition coefficient (Wildman–Crippen LogP) is 4.78. The van der Waals surface area contributed by atoms with Crippen molar-refractivity contribution < 1.29 is 13.9 Å². The zero-order valence-electron chi connectivity index (χ0n) is 21.4. The number of anilines is 1. The van der Waals surface area contributed by atoms with Crippen molar-refractivity contribution in [1.82, 2.24) is 4.57 Å². The van der Waals surface area contributed by atoms with Crippen molar-refractivity contribution in [2.24, 2.45) is 4.99 Å². The number of fused-ring (bicyclic) bond motifs is 1. The number of carbonyl (C=O) groups is 1. The number of allylic oxidation sites excluding steroid dienone is 1. The first kappa shape index (κ1) is 25.8. The number of thiazole rings is 1. The van der Waals surface area contributed by atoms with E-state index in [1.165, 1.54) is 11.3 Å². The first-order chi connectivity index (χ1) is 18.3. The second kappa shape index (κ2) is 10.5. The molecule has 5 rings (SSSR count). The molecule has 7 nitrogen and oxygen atoms in total. The van der Waals surface area contributed by atoms with Gasteiger partial charge in [-0.2, -0.15) is 0 Å². The molecule has 0 N–H and O–H groups in total. The Balaban J connectivity index is 1.64. The maximum atomic E-state index is 13.8. The standard InChI is InChI=1S/C29H26ClN3O4S/c1-5-36-28(35)25-17(2)31-29-33(26(25)18-10-12-19(13-11-18)32(3)4)27(34)24(38-29)16-20-14-15-23(37-20)21-8-6-7-9-22(21)30/h6-16,26H,5H2,1-4H3/b24-16+/t26-/m0/s1. The number of hydrogen-bond acceptors (Lipinski definition) is 7. The lowest BCUT2D eigenvalue weighted by atomic mass is 9.95. The molecule has 9 heteroatoms. The zero-order valence-corrected chi connectivity index (χ0v) is 23.0. The van der Waals surface area contributed by atoms with E-state index in [9.17, 15) is 9.59 Å². The van der Waals surface area contributed by atoms with Gasteiger partial charge in [0.15, 0.2) is 4.80 Å². The van der Waals surface area contributed by atoms with E-state index in [1.807, 2.05) is 67.5 Å². The molecule has 38 heavy (non-hydrogen) atoms. The molecule has 2 aromatic heterocycles. The Labute approximate surface area is 228 Å². The highest BCUT2D eigenvalue weighted by molar-refractivity contribution is 7.07. The number of aromatic nitrogens is 1. The van der Waals surface area contributed by atoms with Crippen molar-refractivity contribution in [2.75, 3.05) is 25.6 Å². The Kier molecular flexibility index (Phi) is 7.10. The number of carbonyl (C=O) groups excluding carboxylic acids is 1. The van der Waals surface area contributed by atoms with E-state index in [0.29, 0.717) is 37.1 Å². The van der Waals surface area contributed by atoms with Gasteiger partial charge in [-0.1, -0.05) is 47.2 Å². The summed E-state index contributed by atoms with van der Waals surface area (Å²) in [5.41, 5.74) is 3.18. The van der Waals surface area contributed by atoms with E-state index >= 15 is 0 Å². The third kappa shape index (κ3) is 4.73. The summed E-state index contributed by atoms with van der Waals surface area (Å²) in [4.78, 5) is 34.0. The summed E-state index contributed by atoms with van der Waals surface area (Å²) in [6.45, 7) is 3.75. The Morgan fingerprint density at radius 3 is 2.58 bits per heavy atom. The molecule has 0 saturated carbocycles. The van der Waals surface area contributed by atoms with Crippen LogP contribution in [-0.2, 0) is 9.53 Å². The van der Waals surface area contributed by atoms with E-state index in [-0.39, 0.29) is 12.2 Å². The van der Waals surface area contributed by atoms with Crippen LogP contribution in [0.2, 0.25) is 5.02 Å². The third-order valence-corrected chi connectivity index (χ3v) is 7.59. The number of rotatable bonds is 6. The molecule has 4 aromatic rings. The van der Waals surface area contributed by atoms with Crippen molar-refractivity contribution in [3.63, 3.8) is 0 Å². The Morgan fingerprint density at radius 2 is 1.89 bits per heavy atom. The second-order valence-electron chi connectivity index (χ2n) is 8.97. The van der Waals surface area contributed by atoms with Crippen LogP contribution in [0, 0.1) is 0 Å². The first-order valence-electron chi connectivity index (χ1n) is 12.1. The fourth-order valence-corrected chi connectivity index (χ4v) is 5.68. The van der Waals surface area contributed by atoms with Crippen LogP contribution in [0.1, 0.15) is 31.2 Å². The quantitative estimate of drug-likeness (QED) is 0.325. The molecular formula is C29H26ClN3O4S. The lowest BCUT2D eigenvalue weighted by molar-refractivity contribution is -0.139. The molecule has 0 radical (unpaired) electrons. The highest BCUT2D eigenvalue weighted by atomic mass is 35.5. The lowest BCUT2D eigenvalue weighted by Gasteiger charge is -2.25. The molecule has 1 atom stereocenters. The van der Waals surface area contributed by atoms with Crippen molar-refractivity contribution >= 4 is 40.7 Å². The van der Waals surface area contributed by atoms with Gasteiger partial charge < -0.3 is 14.1 Å². The first-order valence-corrected chi connectivity index (χ1v) is 13.3. The number of ether oxygens (including phenoxy) is 1. The van der Waals surface area contributed by atoms with E-state index in [2.05, 4.69) is 4.99 Å². The summed E-state index contributed by atoms with van der Waals surface area (Å²) in [6.07, 6.45) is 1.69. The van der Waals surface area contributed by atoms with Crippen LogP contribution in [0.15, 0.2) is 86.1 Å². The minimum atomic E-state index is -0.668. The van der Waals surface area contributed by atoms with E-state index in [0.717, 1.165) is 16.8 Å². The lowest BCUT2D eigenvalue weighted by Crippen LogP contribution is -2.39. The highest BCUT2D eigenvalue weighted by Crippen LogP contribution is 2.32. The molecule has 0 saturated heterocycles. The number of nitrogens with zero attached hydrogens (tertiary/aromatic N) is 3. The summed E-state index contributed by atoms with van der Waals surface area (Å²) >= 11 is 7.57. The van der Waals surface area contributed by atoms with Gasteiger partial charge in [0.1, 0.15) is 11.5 Å². The van der Waals surface area contributed by atoms with Gasteiger partial charge in [-0.3, -0.25) is 9.36 Å². The molecule has 3 heterocycles. The highest BCUT2D eigenvalue weighted by Gasteiger charge is 2.33. The van der Waals surface area contributed by atoms with Crippen LogP contribution in [-0.4, -0.2) is 31.2 Å². The van der Waals surface area contributed by atoms with Crippen molar-refractivity contribution in [1.29, 1.82) is 0 Å². The van der Waals surface area contributed by atoms with Gasteiger partial charge in [-0.05, 0) is 55.8 Å². The van der Waals surface area contributed by atoms with Crippen LogP contribution < -0.4 is 19.8 Å². The van der Waals surface area contributed by atoms with Gasteiger partial charge in [-0.15, -0.1) is 0 Å². The van der Waals surface area contributed by atoms with E-state index < -0.39 is 12.0 Å². The number of hydrogen-bond donors (Lipinski definition) is 0. The van der Waals surface area contributed by atoms with Gasteiger partial charge in [0.05, 0.1) is 33.5 Å². The minimum Gasteiger partial charge on any atom is -0.463 e. The Bertz CT molecular complexity index is 1730. The largest absolute Gasteiger partial charge is 0.463 e. The van der Waals surface area contributed by atoms with Gasteiger partial charge in [0.2, 0.25) is 0 Å². The summed E-state index contributed by atoms with van der Waals surface area (Å²) in [7, 11) is 3.91. The molecular weight excluding hydrogens is 522 g/mol. The third-order valence-electron chi connectivity index (χ3n) is 6.28. The SMILES string of the molecule is CCOC(=O)C1=C(C)N=c2s/c(=C/c3ccc(-c4ccccc4Cl)o3)c(=O)n2[C@H]1c1ccc(N(C)C)cc1. The summed E-state index contributed by atoms with van der Waals surface area (Å²) in [5.74, 6) is 0.632. The maximum Gasteiger partial charge on any atom is 0.338 e. The van der Waals surface area contributed by atoms with Crippen LogP contribution in [0.3, 0.4) is 0 Å². The number of benzene rings is 2. The summed E-state index contributed by atoms with van der Waals surface area (Å²) in [5, 5.41) is 0.579. The maximum absolute atomic E-state index is 13.8. The predicted molar refractivity (Wildman–Crippen MR) is 150 cm³/mol. The van der Waals surface area contributed by atoms with Crippen LogP contribution in [0.25, 0.3) is 17.4 Å².